The van der Waals surface area contributed by atoms with Crippen LogP contribution in [0.3, 0.4) is 0 Å². The van der Waals surface area contributed by atoms with Gasteiger partial charge in [0.2, 0.25) is 0 Å². The van der Waals surface area contributed by atoms with Crippen LogP contribution in [0, 0.1) is 11.6 Å². The van der Waals surface area contributed by atoms with Gasteiger partial charge in [-0.3, -0.25) is 4.79 Å². The largest absolute Gasteiger partial charge is 0.351 e. The zero-order valence-corrected chi connectivity index (χ0v) is 11.6. The fourth-order valence-electron chi connectivity index (χ4n) is 2.21. The molecule has 0 saturated carbocycles. The van der Waals surface area contributed by atoms with Gasteiger partial charge in [-0.05, 0) is 24.3 Å². The van der Waals surface area contributed by atoms with Crippen molar-refractivity contribution < 1.29 is 13.6 Å². The molecule has 1 N–H and O–H groups in total. The van der Waals surface area contributed by atoms with E-state index in [9.17, 15) is 13.6 Å². The van der Waals surface area contributed by atoms with E-state index in [4.69, 9.17) is 0 Å². The van der Waals surface area contributed by atoms with Crippen LogP contribution in [0.2, 0.25) is 0 Å². The number of halogens is 2. The number of hydrogen-bond donors (Lipinski definition) is 1. The number of imidazole rings is 1. The lowest BCUT2D eigenvalue weighted by atomic mass is 10.2. The molecule has 3 rings (SSSR count). The number of amides is 1. The Bertz CT molecular complexity index is 776. The highest BCUT2D eigenvalue weighted by molar-refractivity contribution is 5.94. The van der Waals surface area contributed by atoms with Crippen LogP contribution >= 0.6 is 0 Å². The van der Waals surface area contributed by atoms with Gasteiger partial charge in [0, 0.05) is 25.4 Å². The fraction of sp³-hybridized carbons (Fsp3) is 0.125. The van der Waals surface area contributed by atoms with Gasteiger partial charge in [0.05, 0.1) is 5.69 Å². The molecule has 1 amide bonds. The van der Waals surface area contributed by atoms with E-state index < -0.39 is 23.1 Å². The van der Waals surface area contributed by atoms with Gasteiger partial charge in [-0.15, -0.1) is 0 Å². The standard InChI is InChI=1S/C16H13F2N3O/c17-12-4-3-5-13(18)15(12)16(22)19-8-7-11-10-21-9-2-1-6-14(21)20-11/h1-6,9-10H,7-8H2,(H,19,22). The fourth-order valence-corrected chi connectivity index (χ4v) is 2.21. The Balaban J connectivity index is 1.64. The van der Waals surface area contributed by atoms with E-state index in [-0.39, 0.29) is 6.54 Å². The summed E-state index contributed by atoms with van der Waals surface area (Å²) in [6.45, 7) is 0.247. The summed E-state index contributed by atoms with van der Waals surface area (Å²) in [5.74, 6) is -2.50. The second kappa shape index (κ2) is 5.93. The van der Waals surface area contributed by atoms with Gasteiger partial charge in [-0.25, -0.2) is 13.8 Å². The van der Waals surface area contributed by atoms with Gasteiger partial charge in [0.15, 0.2) is 0 Å². The number of benzene rings is 1. The van der Waals surface area contributed by atoms with E-state index in [0.717, 1.165) is 23.5 Å². The van der Waals surface area contributed by atoms with Crippen molar-refractivity contribution in [3.8, 4) is 0 Å². The average Bonchev–Trinajstić information content (AvgIpc) is 2.89. The molecular weight excluding hydrogens is 288 g/mol. The quantitative estimate of drug-likeness (QED) is 0.805. The molecule has 0 spiro atoms. The third kappa shape index (κ3) is 2.81. The van der Waals surface area contributed by atoms with E-state index in [1.807, 2.05) is 35.0 Å². The molecule has 1 aromatic carbocycles. The normalized spacial score (nSPS) is 10.8. The number of carbonyl (C=O) groups is 1. The van der Waals surface area contributed by atoms with Gasteiger partial charge in [0.1, 0.15) is 22.8 Å². The summed E-state index contributed by atoms with van der Waals surface area (Å²) >= 11 is 0. The molecular formula is C16H13F2N3O. The highest BCUT2D eigenvalue weighted by Gasteiger charge is 2.16. The van der Waals surface area contributed by atoms with E-state index in [1.54, 1.807) is 0 Å². The molecule has 0 atom stereocenters. The van der Waals surface area contributed by atoms with Crippen LogP contribution in [0.5, 0.6) is 0 Å². The Morgan fingerprint density at radius 3 is 2.64 bits per heavy atom. The molecule has 0 fully saturated rings. The number of aromatic nitrogens is 2. The van der Waals surface area contributed by atoms with Gasteiger partial charge in [0.25, 0.3) is 5.91 Å². The Hall–Kier alpha value is -2.76. The Kier molecular flexibility index (Phi) is 3.82. The molecule has 2 aromatic heterocycles. The SMILES string of the molecule is O=C(NCCc1cn2ccccc2n1)c1c(F)cccc1F. The van der Waals surface area contributed by atoms with Crippen molar-refractivity contribution in [2.45, 2.75) is 6.42 Å². The van der Waals surface area contributed by atoms with Gasteiger partial charge < -0.3 is 9.72 Å². The second-order valence-corrected chi connectivity index (χ2v) is 4.80. The topological polar surface area (TPSA) is 46.4 Å². The molecule has 4 nitrogen and oxygen atoms in total. The molecule has 0 aliphatic carbocycles. The molecule has 0 unspecified atom stereocenters. The molecule has 0 radical (unpaired) electrons. The van der Waals surface area contributed by atoms with Gasteiger partial charge in [-0.2, -0.15) is 0 Å². The number of nitrogens with one attached hydrogen (secondary N) is 1. The zero-order chi connectivity index (χ0) is 15.5. The van der Waals surface area contributed by atoms with Crippen LogP contribution in [-0.4, -0.2) is 21.8 Å². The average molecular weight is 301 g/mol. The molecule has 2 heterocycles. The maximum Gasteiger partial charge on any atom is 0.257 e. The van der Waals surface area contributed by atoms with Crippen molar-refractivity contribution in [3.05, 3.63) is 71.7 Å². The molecule has 6 heteroatoms. The van der Waals surface area contributed by atoms with Crippen molar-refractivity contribution >= 4 is 11.6 Å². The molecule has 112 valence electrons. The van der Waals surface area contributed by atoms with Gasteiger partial charge in [-0.1, -0.05) is 12.1 Å². The molecule has 3 aromatic rings. The van der Waals surface area contributed by atoms with Crippen LogP contribution in [0.1, 0.15) is 16.1 Å². The molecule has 22 heavy (non-hydrogen) atoms. The van der Waals surface area contributed by atoms with Crippen LogP contribution in [0.4, 0.5) is 8.78 Å². The first kappa shape index (κ1) is 14.2. The summed E-state index contributed by atoms with van der Waals surface area (Å²) < 4.78 is 28.8. The summed E-state index contributed by atoms with van der Waals surface area (Å²) in [6, 6.07) is 8.98. The summed E-state index contributed by atoms with van der Waals surface area (Å²) in [4.78, 5) is 16.2. The summed E-state index contributed by atoms with van der Waals surface area (Å²) in [6.07, 6.45) is 4.20. The molecule has 0 saturated heterocycles. The number of fused-ring (bicyclic) bond motifs is 1. The Morgan fingerprint density at radius 2 is 1.91 bits per heavy atom. The minimum atomic E-state index is -0.870. The minimum Gasteiger partial charge on any atom is -0.351 e. The van der Waals surface area contributed by atoms with E-state index in [2.05, 4.69) is 10.3 Å². The van der Waals surface area contributed by atoms with Crippen LogP contribution in [0.25, 0.3) is 5.65 Å². The lowest BCUT2D eigenvalue weighted by Gasteiger charge is -2.06. The molecule has 0 bridgehead atoms. The van der Waals surface area contributed by atoms with E-state index in [0.29, 0.717) is 6.42 Å². The first-order valence-corrected chi connectivity index (χ1v) is 6.80. The smallest absolute Gasteiger partial charge is 0.257 e. The predicted octanol–water partition coefficient (Wildman–Crippen LogP) is 2.59. The minimum absolute atomic E-state index is 0.247. The monoisotopic (exact) mass is 301 g/mol. The summed E-state index contributed by atoms with van der Waals surface area (Å²) in [5, 5.41) is 2.51. The first-order valence-electron chi connectivity index (χ1n) is 6.80. The number of rotatable bonds is 4. The number of carbonyl (C=O) groups excluding carboxylic acids is 1. The lowest BCUT2D eigenvalue weighted by molar-refractivity contribution is 0.0945. The van der Waals surface area contributed by atoms with Crippen molar-refractivity contribution in [3.63, 3.8) is 0 Å². The summed E-state index contributed by atoms with van der Waals surface area (Å²) in [7, 11) is 0. The third-order valence-corrected chi connectivity index (χ3v) is 3.27. The van der Waals surface area contributed by atoms with Crippen LogP contribution in [0.15, 0.2) is 48.8 Å². The van der Waals surface area contributed by atoms with Crippen LogP contribution in [-0.2, 0) is 6.42 Å². The Labute approximate surface area is 125 Å². The van der Waals surface area contributed by atoms with Crippen molar-refractivity contribution in [1.82, 2.24) is 14.7 Å². The second-order valence-electron chi connectivity index (χ2n) is 4.80. The third-order valence-electron chi connectivity index (χ3n) is 3.27. The van der Waals surface area contributed by atoms with Crippen LogP contribution < -0.4 is 5.32 Å². The van der Waals surface area contributed by atoms with Gasteiger partial charge >= 0.3 is 0 Å². The summed E-state index contributed by atoms with van der Waals surface area (Å²) in [5.41, 5.74) is 1.04. The lowest BCUT2D eigenvalue weighted by Crippen LogP contribution is -2.27. The predicted molar refractivity (Wildman–Crippen MR) is 77.6 cm³/mol. The van der Waals surface area contributed by atoms with E-state index >= 15 is 0 Å². The highest BCUT2D eigenvalue weighted by atomic mass is 19.1. The molecule has 0 aliphatic rings. The van der Waals surface area contributed by atoms with E-state index in [1.165, 1.54) is 6.07 Å². The number of pyridine rings is 1. The number of hydrogen-bond acceptors (Lipinski definition) is 2. The Morgan fingerprint density at radius 1 is 1.14 bits per heavy atom. The molecule has 0 aliphatic heterocycles. The van der Waals surface area contributed by atoms with Crippen molar-refractivity contribution in [2.24, 2.45) is 0 Å². The maximum atomic E-state index is 13.5. The zero-order valence-electron chi connectivity index (χ0n) is 11.6. The van der Waals surface area contributed by atoms with Crippen molar-refractivity contribution in [1.29, 1.82) is 0 Å². The first-order chi connectivity index (χ1) is 10.6. The van der Waals surface area contributed by atoms with Crippen molar-refractivity contribution in [2.75, 3.05) is 6.54 Å². The maximum absolute atomic E-state index is 13.5. The highest BCUT2D eigenvalue weighted by Crippen LogP contribution is 2.11. The number of nitrogens with zero attached hydrogens (tertiary/aromatic N) is 2.